The summed E-state index contributed by atoms with van der Waals surface area (Å²) in [6.45, 7) is 0. The number of nitrogens with one attached hydrogen (secondary N) is 2. The van der Waals surface area contributed by atoms with E-state index in [4.69, 9.17) is 0 Å². The number of aromatic carboxylic acids is 1. The lowest BCUT2D eigenvalue weighted by atomic mass is 10.1. The van der Waals surface area contributed by atoms with E-state index in [0.29, 0.717) is 33.2 Å². The third-order valence-corrected chi connectivity index (χ3v) is 3.66. The standard InChI is InChI=1S/C16H10N4O3/c21-15-8-4-1-2-6-10(8)17-14(18-15)9-5-3-7-11-12(9)13(16(22)23)20-19-11/h1-7H,(H,19,20)(H,22,23)(H,17,18,21). The van der Waals surface area contributed by atoms with Gasteiger partial charge in [-0.3, -0.25) is 9.89 Å². The van der Waals surface area contributed by atoms with Crippen molar-refractivity contribution in [2.24, 2.45) is 0 Å². The molecule has 4 rings (SSSR count). The minimum absolute atomic E-state index is 0.105. The first-order valence-corrected chi connectivity index (χ1v) is 6.85. The van der Waals surface area contributed by atoms with Crippen molar-refractivity contribution in [3.63, 3.8) is 0 Å². The molecule has 23 heavy (non-hydrogen) atoms. The summed E-state index contributed by atoms with van der Waals surface area (Å²) in [4.78, 5) is 30.8. The largest absolute Gasteiger partial charge is 0.476 e. The smallest absolute Gasteiger partial charge is 0.357 e. The molecule has 0 saturated carbocycles. The van der Waals surface area contributed by atoms with E-state index in [0.717, 1.165) is 0 Å². The maximum absolute atomic E-state index is 12.2. The number of aromatic nitrogens is 4. The monoisotopic (exact) mass is 306 g/mol. The third-order valence-electron chi connectivity index (χ3n) is 3.66. The van der Waals surface area contributed by atoms with Crippen LogP contribution in [-0.2, 0) is 0 Å². The topological polar surface area (TPSA) is 112 Å². The van der Waals surface area contributed by atoms with Gasteiger partial charge >= 0.3 is 5.97 Å². The SMILES string of the molecule is O=C(O)c1n[nH]c2cccc(-c3nc4ccccc4c(=O)[nH]3)c12. The zero-order chi connectivity index (χ0) is 16.0. The Kier molecular flexibility index (Phi) is 2.74. The van der Waals surface area contributed by atoms with Crippen LogP contribution in [0, 0.1) is 0 Å². The Balaban J connectivity index is 2.08. The van der Waals surface area contributed by atoms with Crippen LogP contribution >= 0.6 is 0 Å². The minimum Gasteiger partial charge on any atom is -0.476 e. The van der Waals surface area contributed by atoms with Gasteiger partial charge in [0.2, 0.25) is 0 Å². The molecular weight excluding hydrogens is 296 g/mol. The highest BCUT2D eigenvalue weighted by Gasteiger charge is 2.18. The van der Waals surface area contributed by atoms with Gasteiger partial charge < -0.3 is 10.1 Å². The van der Waals surface area contributed by atoms with Crippen molar-refractivity contribution in [1.29, 1.82) is 0 Å². The lowest BCUT2D eigenvalue weighted by molar-refractivity contribution is 0.0692. The van der Waals surface area contributed by atoms with Crippen LogP contribution in [0.4, 0.5) is 0 Å². The lowest BCUT2D eigenvalue weighted by Gasteiger charge is -2.05. The molecule has 7 nitrogen and oxygen atoms in total. The Morgan fingerprint density at radius 1 is 1.09 bits per heavy atom. The van der Waals surface area contributed by atoms with Crippen LogP contribution in [0.1, 0.15) is 10.5 Å². The van der Waals surface area contributed by atoms with Crippen LogP contribution in [0.25, 0.3) is 33.2 Å². The van der Waals surface area contributed by atoms with Crippen molar-refractivity contribution in [2.45, 2.75) is 0 Å². The highest BCUT2D eigenvalue weighted by atomic mass is 16.4. The molecule has 0 aliphatic heterocycles. The summed E-state index contributed by atoms with van der Waals surface area (Å²) in [6, 6.07) is 12.1. The number of carbonyl (C=O) groups is 1. The molecule has 0 radical (unpaired) electrons. The number of fused-ring (bicyclic) bond motifs is 2. The average molecular weight is 306 g/mol. The molecule has 0 aliphatic carbocycles. The zero-order valence-electron chi connectivity index (χ0n) is 11.7. The van der Waals surface area contributed by atoms with E-state index in [2.05, 4.69) is 20.2 Å². The molecule has 4 aromatic rings. The van der Waals surface area contributed by atoms with Gasteiger partial charge in [-0.2, -0.15) is 5.10 Å². The summed E-state index contributed by atoms with van der Waals surface area (Å²) in [5.41, 5.74) is 1.24. The second-order valence-electron chi connectivity index (χ2n) is 5.04. The predicted octanol–water partition coefficient (Wildman–Crippen LogP) is 2.16. The van der Waals surface area contributed by atoms with E-state index < -0.39 is 5.97 Å². The van der Waals surface area contributed by atoms with Crippen LogP contribution in [-0.4, -0.2) is 31.2 Å². The van der Waals surface area contributed by atoms with Gasteiger partial charge in [-0.15, -0.1) is 0 Å². The number of nitrogens with zero attached hydrogens (tertiary/aromatic N) is 2. The fourth-order valence-electron chi connectivity index (χ4n) is 2.64. The molecule has 3 N–H and O–H groups in total. The van der Waals surface area contributed by atoms with Crippen molar-refractivity contribution in [2.75, 3.05) is 0 Å². The van der Waals surface area contributed by atoms with Gasteiger partial charge in [0.05, 0.1) is 16.4 Å². The first kappa shape index (κ1) is 13.2. The van der Waals surface area contributed by atoms with E-state index in [9.17, 15) is 14.7 Å². The first-order valence-electron chi connectivity index (χ1n) is 6.85. The quantitative estimate of drug-likeness (QED) is 0.525. The number of hydrogen-bond donors (Lipinski definition) is 3. The molecule has 2 heterocycles. The van der Waals surface area contributed by atoms with Crippen LogP contribution in [0.5, 0.6) is 0 Å². The van der Waals surface area contributed by atoms with E-state index in [1.165, 1.54) is 0 Å². The molecule has 112 valence electrons. The van der Waals surface area contributed by atoms with E-state index in [1.54, 1.807) is 42.5 Å². The summed E-state index contributed by atoms with van der Waals surface area (Å²) >= 11 is 0. The average Bonchev–Trinajstić information content (AvgIpc) is 2.99. The molecule has 2 aromatic carbocycles. The van der Waals surface area contributed by atoms with Crippen molar-refractivity contribution < 1.29 is 9.90 Å². The van der Waals surface area contributed by atoms with E-state index >= 15 is 0 Å². The lowest BCUT2D eigenvalue weighted by Crippen LogP contribution is -2.09. The number of benzene rings is 2. The molecule has 0 spiro atoms. The van der Waals surface area contributed by atoms with Crippen LogP contribution < -0.4 is 5.56 Å². The molecule has 0 bridgehead atoms. The number of para-hydroxylation sites is 1. The third kappa shape index (κ3) is 1.98. The van der Waals surface area contributed by atoms with Gasteiger partial charge in [0.25, 0.3) is 5.56 Å². The maximum Gasteiger partial charge on any atom is 0.357 e. The molecule has 0 unspecified atom stereocenters. The number of carboxylic acids is 1. The summed E-state index contributed by atoms with van der Waals surface area (Å²) in [5, 5.41) is 16.7. The molecule has 0 aliphatic rings. The van der Waals surface area contributed by atoms with Crippen LogP contribution in [0.3, 0.4) is 0 Å². The summed E-state index contributed by atoms with van der Waals surface area (Å²) < 4.78 is 0. The van der Waals surface area contributed by atoms with E-state index in [-0.39, 0.29) is 11.3 Å². The summed E-state index contributed by atoms with van der Waals surface area (Å²) in [7, 11) is 0. The summed E-state index contributed by atoms with van der Waals surface area (Å²) in [6.07, 6.45) is 0. The highest BCUT2D eigenvalue weighted by molar-refractivity contribution is 6.07. The molecule has 0 fully saturated rings. The number of H-pyrrole nitrogens is 2. The maximum atomic E-state index is 12.2. The molecule has 7 heteroatoms. The van der Waals surface area contributed by atoms with Gasteiger partial charge in [-0.05, 0) is 18.2 Å². The van der Waals surface area contributed by atoms with Crippen molar-refractivity contribution in [3.05, 3.63) is 58.5 Å². The van der Waals surface area contributed by atoms with Gasteiger partial charge in [-0.1, -0.05) is 24.3 Å². The van der Waals surface area contributed by atoms with Gasteiger partial charge in [0, 0.05) is 10.9 Å². The Hall–Kier alpha value is -3.48. The second-order valence-corrected chi connectivity index (χ2v) is 5.04. The molecule has 0 amide bonds. The fourth-order valence-corrected chi connectivity index (χ4v) is 2.64. The Labute approximate surface area is 128 Å². The molecule has 0 saturated heterocycles. The van der Waals surface area contributed by atoms with Crippen LogP contribution in [0.15, 0.2) is 47.3 Å². The number of rotatable bonds is 2. The molecular formula is C16H10N4O3. The van der Waals surface area contributed by atoms with E-state index in [1.807, 2.05) is 0 Å². The van der Waals surface area contributed by atoms with Crippen molar-refractivity contribution >= 4 is 27.8 Å². The van der Waals surface area contributed by atoms with Crippen molar-refractivity contribution in [1.82, 2.24) is 20.2 Å². The normalized spacial score (nSPS) is 11.1. The molecule has 2 aromatic heterocycles. The Bertz CT molecular complexity index is 1130. The number of hydrogen-bond acceptors (Lipinski definition) is 4. The number of aromatic amines is 2. The number of carboxylic acid groups (broad SMARTS) is 1. The predicted molar refractivity (Wildman–Crippen MR) is 84.4 cm³/mol. The summed E-state index contributed by atoms with van der Waals surface area (Å²) in [5.74, 6) is -0.838. The Morgan fingerprint density at radius 3 is 2.74 bits per heavy atom. The van der Waals surface area contributed by atoms with Crippen molar-refractivity contribution in [3.8, 4) is 11.4 Å². The van der Waals surface area contributed by atoms with Gasteiger partial charge in [0.15, 0.2) is 5.69 Å². The fraction of sp³-hybridized carbons (Fsp3) is 0. The zero-order valence-corrected chi connectivity index (χ0v) is 11.7. The van der Waals surface area contributed by atoms with Gasteiger partial charge in [-0.25, -0.2) is 9.78 Å². The Morgan fingerprint density at radius 2 is 1.91 bits per heavy atom. The molecule has 0 atom stereocenters. The first-order chi connectivity index (χ1) is 11.1. The van der Waals surface area contributed by atoms with Gasteiger partial charge in [0.1, 0.15) is 5.82 Å². The minimum atomic E-state index is -1.15. The second kappa shape index (κ2) is 4.77. The highest BCUT2D eigenvalue weighted by Crippen LogP contribution is 2.28. The van der Waals surface area contributed by atoms with Crippen LogP contribution in [0.2, 0.25) is 0 Å².